The number of methoxy groups -OCH3 is 2. The molecule has 57 heavy (non-hydrogen) atoms. The van der Waals surface area contributed by atoms with E-state index in [0.717, 1.165) is 22.3 Å². The van der Waals surface area contributed by atoms with Crippen LogP contribution in [0.3, 0.4) is 0 Å². The summed E-state index contributed by atoms with van der Waals surface area (Å²) in [5.74, 6) is 1.59. The van der Waals surface area contributed by atoms with Gasteiger partial charge in [-0.25, -0.2) is 4.79 Å². The number of rotatable bonds is 13. The fraction of sp³-hybridized carbons (Fsp3) is 0.524. The van der Waals surface area contributed by atoms with E-state index in [1.165, 1.54) is 14.0 Å². The normalized spacial score (nSPS) is 19.8. The molecule has 3 aliphatic heterocycles. The Kier molecular flexibility index (Phi) is 13.3. The Morgan fingerprint density at radius 2 is 1.75 bits per heavy atom. The monoisotopic (exact) mass is 809 g/mol. The van der Waals surface area contributed by atoms with Crippen molar-refractivity contribution >= 4 is 23.7 Å². The number of hydrogen-bond acceptors (Lipinski definition) is 15. The lowest BCUT2D eigenvalue weighted by molar-refractivity contribution is -0.153. The number of fused-ring (bicyclic) bond motifs is 3. The first kappa shape index (κ1) is 42.2. The summed E-state index contributed by atoms with van der Waals surface area (Å²) >= 11 is 1.66. The molecule has 0 spiro atoms. The number of aliphatic hydroxyl groups excluding tert-OH is 1. The van der Waals surface area contributed by atoms with Crippen LogP contribution < -0.4 is 29.0 Å². The van der Waals surface area contributed by atoms with Crippen LogP contribution in [0.15, 0.2) is 18.2 Å². The maximum absolute atomic E-state index is 14.6. The Bertz CT molecular complexity index is 1990. The van der Waals surface area contributed by atoms with Gasteiger partial charge in [-0.05, 0) is 94.3 Å². The number of aryl methyl sites for hydroxylation is 2. The van der Waals surface area contributed by atoms with Crippen molar-refractivity contribution in [2.75, 3.05) is 72.9 Å². The van der Waals surface area contributed by atoms with Crippen molar-refractivity contribution < 1.29 is 53.3 Å². The molecule has 3 aliphatic rings. The van der Waals surface area contributed by atoms with Crippen LogP contribution in [0.2, 0.25) is 0 Å². The molecule has 3 unspecified atom stereocenters. The fourth-order valence-electron chi connectivity index (χ4n) is 8.98. The van der Waals surface area contributed by atoms with E-state index in [1.54, 1.807) is 31.0 Å². The molecule has 0 radical (unpaired) electrons. The predicted octanol–water partition coefficient (Wildman–Crippen LogP) is 4.81. The summed E-state index contributed by atoms with van der Waals surface area (Å²) in [7, 11) is 4.87. The molecule has 3 aromatic rings. The van der Waals surface area contributed by atoms with Crippen LogP contribution in [0.5, 0.6) is 40.2 Å². The molecule has 14 nitrogen and oxygen atoms in total. The van der Waals surface area contributed by atoms with Crippen molar-refractivity contribution in [3.8, 4) is 40.2 Å². The van der Waals surface area contributed by atoms with Crippen LogP contribution in [-0.4, -0.2) is 116 Å². The number of nitrogens with one attached hydrogen (secondary N) is 1. The van der Waals surface area contributed by atoms with E-state index in [-0.39, 0.29) is 49.8 Å². The van der Waals surface area contributed by atoms with Gasteiger partial charge in [-0.1, -0.05) is 6.07 Å². The van der Waals surface area contributed by atoms with E-state index >= 15 is 0 Å². The molecule has 4 atom stereocenters. The van der Waals surface area contributed by atoms with Crippen LogP contribution in [0.25, 0.3) is 0 Å². The highest BCUT2D eigenvalue weighted by Crippen LogP contribution is 2.52. The SMILES string of the molecule is CN[C@@H]1c2c(cc(C)c(OC)c2O)CCCN(C(COC(=O)C2c3cc(OC)c(O)cc3CCN2CCO)c2c(C)c(OC(C)=O)c(C)c3c2OCO3)C1CSC. The second kappa shape index (κ2) is 18.0. The fourth-order valence-corrected chi connectivity index (χ4v) is 9.71. The molecule has 15 heteroatoms. The van der Waals surface area contributed by atoms with Crippen molar-refractivity contribution in [1.82, 2.24) is 15.1 Å². The first-order valence-corrected chi connectivity index (χ1v) is 20.6. The maximum atomic E-state index is 14.6. The minimum Gasteiger partial charge on any atom is -0.504 e. The number of nitrogens with zero attached hydrogens (tertiary/aromatic N) is 2. The molecule has 0 amide bonds. The molecule has 3 heterocycles. The Balaban J connectivity index is 1.51. The van der Waals surface area contributed by atoms with E-state index in [0.29, 0.717) is 83.4 Å². The Labute approximate surface area is 338 Å². The number of benzene rings is 3. The minimum absolute atomic E-state index is 0.0232. The van der Waals surface area contributed by atoms with Gasteiger partial charge in [0.05, 0.1) is 32.9 Å². The van der Waals surface area contributed by atoms with Gasteiger partial charge < -0.3 is 49.1 Å². The zero-order chi connectivity index (χ0) is 41.1. The second-order valence-corrected chi connectivity index (χ2v) is 15.6. The number of ether oxygens (including phenoxy) is 6. The molecule has 310 valence electrons. The summed E-state index contributed by atoms with van der Waals surface area (Å²) in [5, 5.41) is 36.0. The molecule has 0 fully saturated rings. The predicted molar refractivity (Wildman–Crippen MR) is 215 cm³/mol. The van der Waals surface area contributed by atoms with Gasteiger partial charge in [-0.15, -0.1) is 0 Å². The number of esters is 2. The summed E-state index contributed by atoms with van der Waals surface area (Å²) in [6.07, 6.45) is 3.95. The van der Waals surface area contributed by atoms with Crippen LogP contribution in [-0.2, 0) is 27.2 Å². The molecule has 4 N–H and O–H groups in total. The van der Waals surface area contributed by atoms with Gasteiger partial charge in [-0.2, -0.15) is 11.8 Å². The van der Waals surface area contributed by atoms with Crippen molar-refractivity contribution in [3.05, 3.63) is 62.7 Å². The zero-order valence-electron chi connectivity index (χ0n) is 34.0. The van der Waals surface area contributed by atoms with E-state index in [9.17, 15) is 24.9 Å². The number of carbonyl (C=O) groups is 2. The van der Waals surface area contributed by atoms with Crippen molar-refractivity contribution in [1.29, 1.82) is 0 Å². The number of carbonyl (C=O) groups excluding carboxylic acids is 2. The quantitative estimate of drug-likeness (QED) is 0.137. The van der Waals surface area contributed by atoms with Gasteiger partial charge in [0.15, 0.2) is 34.5 Å². The minimum atomic E-state index is -0.893. The van der Waals surface area contributed by atoms with Gasteiger partial charge in [0.2, 0.25) is 6.79 Å². The van der Waals surface area contributed by atoms with Crippen LogP contribution in [0, 0.1) is 20.8 Å². The largest absolute Gasteiger partial charge is 0.504 e. The molecule has 0 saturated carbocycles. The average molecular weight is 810 g/mol. The van der Waals surface area contributed by atoms with Gasteiger partial charge >= 0.3 is 11.9 Å². The highest BCUT2D eigenvalue weighted by Gasteiger charge is 2.43. The van der Waals surface area contributed by atoms with E-state index in [1.807, 2.05) is 39.0 Å². The second-order valence-electron chi connectivity index (χ2n) is 14.7. The number of phenols is 2. The third-order valence-corrected chi connectivity index (χ3v) is 12.1. The van der Waals surface area contributed by atoms with E-state index < -0.39 is 30.1 Å². The summed E-state index contributed by atoms with van der Waals surface area (Å²) in [6.45, 7) is 7.87. The Morgan fingerprint density at radius 1 is 1.00 bits per heavy atom. The molecule has 0 saturated heterocycles. The van der Waals surface area contributed by atoms with Crippen LogP contribution in [0.1, 0.15) is 76.0 Å². The van der Waals surface area contributed by atoms with E-state index in [4.69, 9.17) is 28.4 Å². The third kappa shape index (κ3) is 8.04. The average Bonchev–Trinajstić information content (AvgIpc) is 3.66. The molecule has 3 aromatic carbocycles. The van der Waals surface area contributed by atoms with Crippen LogP contribution >= 0.6 is 11.8 Å². The van der Waals surface area contributed by atoms with E-state index in [2.05, 4.69) is 16.3 Å². The van der Waals surface area contributed by atoms with Crippen LogP contribution in [0.4, 0.5) is 0 Å². The van der Waals surface area contributed by atoms with Gasteiger partial charge in [0.1, 0.15) is 18.4 Å². The topological polar surface area (TPSA) is 169 Å². The Morgan fingerprint density at radius 3 is 2.42 bits per heavy atom. The number of aliphatic hydroxyl groups is 1. The molecule has 0 aliphatic carbocycles. The maximum Gasteiger partial charge on any atom is 0.328 e. The molecule has 6 rings (SSSR count). The number of hydrogen-bond donors (Lipinski definition) is 4. The molecule has 0 bridgehead atoms. The number of aromatic hydroxyl groups is 2. The first-order chi connectivity index (χ1) is 27.4. The molecular formula is C42H55N3O11S. The lowest BCUT2D eigenvalue weighted by atomic mass is 9.85. The summed E-state index contributed by atoms with van der Waals surface area (Å²) in [6, 6.07) is 3.14. The zero-order valence-corrected chi connectivity index (χ0v) is 34.8. The standard InChI is InChI=1S/C42H55N3O11S/c1-22-16-27-10-9-12-45(30(20-57-8)35(43-5)34(27)37(49)38(22)52-7)29(33-23(2)39(56-25(4)47)24(3)40-41(33)55-21-54-40)19-53-42(50)36-28-18-32(51-6)31(48)17-26(28)11-13-44(36)14-15-46/h16-18,29-30,35-36,43,46,48-49H,9-15,19-21H2,1-8H3/t29?,30?,35-,36?/m0/s1. The summed E-state index contributed by atoms with van der Waals surface area (Å²) in [5.41, 5.74) is 5.97. The smallest absolute Gasteiger partial charge is 0.328 e. The highest BCUT2D eigenvalue weighted by atomic mass is 32.2. The van der Waals surface area contributed by atoms with Crippen molar-refractivity contribution in [2.45, 2.75) is 71.1 Å². The number of thioether (sulfide) groups is 1. The van der Waals surface area contributed by atoms with Crippen molar-refractivity contribution in [2.24, 2.45) is 0 Å². The number of β-amino-alcohol motifs (C(OH)–C–C–N with tert-alkyl or cyclic N) is 1. The van der Waals surface area contributed by atoms with Crippen molar-refractivity contribution in [3.63, 3.8) is 0 Å². The lowest BCUT2D eigenvalue weighted by Gasteiger charge is -2.44. The number of likely N-dealkylation sites (N-methyl/N-ethyl adjacent to an activating group) is 1. The first-order valence-electron chi connectivity index (χ1n) is 19.2. The van der Waals surface area contributed by atoms with Gasteiger partial charge in [0, 0.05) is 54.1 Å². The molecular weight excluding hydrogens is 755 g/mol. The summed E-state index contributed by atoms with van der Waals surface area (Å²) < 4.78 is 35.7. The molecule has 0 aromatic heterocycles. The highest BCUT2D eigenvalue weighted by molar-refractivity contribution is 7.98. The van der Waals surface area contributed by atoms with Gasteiger partial charge in [-0.3, -0.25) is 14.6 Å². The number of phenolic OH excluding ortho intramolecular Hbond substituents is 2. The summed E-state index contributed by atoms with van der Waals surface area (Å²) in [4.78, 5) is 31.3. The Hall–Kier alpha value is -4.41. The van der Waals surface area contributed by atoms with Gasteiger partial charge in [0.25, 0.3) is 0 Å². The lowest BCUT2D eigenvalue weighted by Crippen LogP contribution is -2.50. The third-order valence-electron chi connectivity index (χ3n) is 11.4.